The maximum absolute atomic E-state index is 13.9. The number of nitrogens with one attached hydrogen (secondary N) is 2. The molecule has 11 heteroatoms. The van der Waals surface area contributed by atoms with Gasteiger partial charge in [0, 0.05) is 35.6 Å². The number of thiophene rings is 1. The number of fused-ring (bicyclic) bond motifs is 1. The van der Waals surface area contributed by atoms with Crippen LogP contribution in [0.4, 0.5) is 15.0 Å². The quantitative estimate of drug-likeness (QED) is 0.397. The maximum Gasteiger partial charge on any atom is 0.407 e. The topological polar surface area (TPSA) is 89.0 Å². The number of nitrogens with zero attached hydrogens (tertiary/aromatic N) is 3. The highest BCUT2D eigenvalue weighted by molar-refractivity contribution is 9.10. The van der Waals surface area contributed by atoms with Crippen molar-refractivity contribution < 1.29 is 13.9 Å². The van der Waals surface area contributed by atoms with Crippen molar-refractivity contribution >= 4 is 61.0 Å². The van der Waals surface area contributed by atoms with Gasteiger partial charge in [0.05, 0.1) is 15.4 Å². The van der Waals surface area contributed by atoms with Gasteiger partial charge in [0.15, 0.2) is 0 Å². The number of ether oxygens (including phenoxy) is 1. The fraction of sp³-hybridized carbons (Fsp3) is 0.400. The van der Waals surface area contributed by atoms with Crippen LogP contribution >= 0.6 is 38.9 Å². The number of anilines is 1. The van der Waals surface area contributed by atoms with Crippen molar-refractivity contribution in [3.8, 4) is 0 Å². The molecule has 0 unspecified atom stereocenters. The van der Waals surface area contributed by atoms with E-state index in [0.29, 0.717) is 23.3 Å². The lowest BCUT2D eigenvalue weighted by Gasteiger charge is -2.21. The van der Waals surface area contributed by atoms with E-state index in [2.05, 4.69) is 41.5 Å². The molecule has 3 aromatic rings. The van der Waals surface area contributed by atoms with Gasteiger partial charge in [0.25, 0.3) is 0 Å². The lowest BCUT2D eigenvalue weighted by atomic mass is 10.2. The van der Waals surface area contributed by atoms with Gasteiger partial charge in [-0.1, -0.05) is 0 Å². The molecule has 3 heterocycles. The van der Waals surface area contributed by atoms with Crippen LogP contribution in [0.3, 0.4) is 0 Å². The average molecular weight is 531 g/mol. The predicted octanol–water partition coefficient (Wildman–Crippen LogP) is 5.71. The molecular formula is C20H22BrClFN5O2S. The SMILES string of the molecule is C[C@@H](Cc1sc2c(NCc3ccncc3F)nc(Cl)nc2c1Br)NC(=O)OC(C)(C)C. The molecule has 166 valence electrons. The summed E-state index contributed by atoms with van der Waals surface area (Å²) in [4.78, 5) is 25.4. The first-order valence-corrected chi connectivity index (χ1v) is 11.5. The van der Waals surface area contributed by atoms with Gasteiger partial charge in [0.1, 0.15) is 22.8 Å². The largest absolute Gasteiger partial charge is 0.444 e. The molecule has 31 heavy (non-hydrogen) atoms. The second-order valence-electron chi connectivity index (χ2n) is 7.93. The molecule has 0 aliphatic heterocycles. The van der Waals surface area contributed by atoms with Crippen LogP contribution in [0.2, 0.25) is 5.28 Å². The number of hydrogen-bond acceptors (Lipinski definition) is 7. The number of aromatic nitrogens is 3. The third-order valence-corrected chi connectivity index (χ3v) is 6.57. The molecule has 0 spiro atoms. The smallest absolute Gasteiger partial charge is 0.407 e. The average Bonchev–Trinajstić information content (AvgIpc) is 2.95. The zero-order chi connectivity index (χ0) is 22.8. The molecule has 7 nitrogen and oxygen atoms in total. The van der Waals surface area contributed by atoms with E-state index in [1.165, 1.54) is 23.7 Å². The van der Waals surface area contributed by atoms with E-state index >= 15 is 0 Å². The van der Waals surface area contributed by atoms with E-state index in [1.54, 1.807) is 6.07 Å². The second-order valence-corrected chi connectivity index (χ2v) is 10.2. The van der Waals surface area contributed by atoms with Crippen molar-refractivity contribution in [2.24, 2.45) is 0 Å². The van der Waals surface area contributed by atoms with Gasteiger partial charge in [-0.3, -0.25) is 4.98 Å². The molecule has 0 fully saturated rings. The highest BCUT2D eigenvalue weighted by Crippen LogP contribution is 2.39. The number of amides is 1. The molecule has 3 rings (SSSR count). The lowest BCUT2D eigenvalue weighted by molar-refractivity contribution is 0.0508. The van der Waals surface area contributed by atoms with E-state index in [0.717, 1.165) is 14.0 Å². The first-order chi connectivity index (χ1) is 14.5. The third-order valence-electron chi connectivity index (χ3n) is 4.07. The van der Waals surface area contributed by atoms with Gasteiger partial charge < -0.3 is 15.4 Å². The Morgan fingerprint density at radius 1 is 1.39 bits per heavy atom. The van der Waals surface area contributed by atoms with Crippen molar-refractivity contribution in [1.82, 2.24) is 20.3 Å². The van der Waals surface area contributed by atoms with Crippen molar-refractivity contribution in [3.63, 3.8) is 0 Å². The summed E-state index contributed by atoms with van der Waals surface area (Å²) >= 11 is 11.2. The number of rotatable bonds is 6. The summed E-state index contributed by atoms with van der Waals surface area (Å²) in [5.74, 6) is 0.109. The standard InChI is InChI=1S/C20H22BrClFN5O2S/c1-10(26-19(29)30-20(2,3)4)7-13-14(21)15-16(31-13)17(28-18(22)27-15)25-8-11-5-6-24-9-12(11)23/h5-6,9-10H,7-8H2,1-4H3,(H,26,29)(H,25,27,28)/t10-/m0/s1. The Hall–Kier alpha value is -2.04. The summed E-state index contributed by atoms with van der Waals surface area (Å²) in [5.41, 5.74) is 0.550. The van der Waals surface area contributed by atoms with Crippen LogP contribution in [0.25, 0.3) is 10.2 Å². The maximum atomic E-state index is 13.9. The van der Waals surface area contributed by atoms with E-state index < -0.39 is 17.5 Å². The Kier molecular flexibility index (Phi) is 7.33. The summed E-state index contributed by atoms with van der Waals surface area (Å²) in [6.07, 6.45) is 2.78. The number of carbonyl (C=O) groups excluding carboxylic acids is 1. The third kappa shape index (κ3) is 6.24. The van der Waals surface area contributed by atoms with Crippen molar-refractivity contribution in [1.29, 1.82) is 0 Å². The zero-order valence-corrected chi connectivity index (χ0v) is 20.6. The van der Waals surface area contributed by atoms with Crippen LogP contribution in [0.1, 0.15) is 38.1 Å². The predicted molar refractivity (Wildman–Crippen MR) is 124 cm³/mol. The number of halogens is 3. The Balaban J connectivity index is 1.80. The van der Waals surface area contributed by atoms with Gasteiger partial charge in [-0.2, -0.15) is 4.98 Å². The monoisotopic (exact) mass is 529 g/mol. The van der Waals surface area contributed by atoms with Gasteiger partial charge in [-0.15, -0.1) is 11.3 Å². The van der Waals surface area contributed by atoms with E-state index in [9.17, 15) is 9.18 Å². The number of carbonyl (C=O) groups is 1. The molecule has 0 aromatic carbocycles. The summed E-state index contributed by atoms with van der Waals surface area (Å²) in [7, 11) is 0. The molecule has 2 N–H and O–H groups in total. The molecular weight excluding hydrogens is 509 g/mol. The molecule has 0 saturated heterocycles. The van der Waals surface area contributed by atoms with Crippen LogP contribution in [-0.4, -0.2) is 32.7 Å². The van der Waals surface area contributed by atoms with Gasteiger partial charge in [0.2, 0.25) is 5.28 Å². The Bertz CT molecular complexity index is 1110. The van der Waals surface area contributed by atoms with Crippen LogP contribution in [0, 0.1) is 5.82 Å². The van der Waals surface area contributed by atoms with E-state index in [-0.39, 0.29) is 17.9 Å². The van der Waals surface area contributed by atoms with Crippen LogP contribution < -0.4 is 10.6 Å². The zero-order valence-electron chi connectivity index (χ0n) is 17.4. The van der Waals surface area contributed by atoms with Crippen molar-refractivity contribution in [2.75, 3.05) is 5.32 Å². The molecule has 0 radical (unpaired) electrons. The summed E-state index contributed by atoms with van der Waals surface area (Å²) in [6.45, 7) is 7.56. The molecule has 1 atom stereocenters. The molecule has 1 amide bonds. The van der Waals surface area contributed by atoms with Gasteiger partial charge in [-0.05, 0) is 61.3 Å². The van der Waals surface area contributed by atoms with Gasteiger partial charge >= 0.3 is 6.09 Å². The summed E-state index contributed by atoms with van der Waals surface area (Å²) in [6, 6.07) is 1.42. The number of pyridine rings is 1. The van der Waals surface area contributed by atoms with E-state index in [1.807, 2.05) is 27.7 Å². The number of hydrogen-bond donors (Lipinski definition) is 2. The minimum absolute atomic E-state index is 0.0789. The second kappa shape index (κ2) is 9.62. The fourth-order valence-corrected chi connectivity index (χ4v) is 5.00. The Morgan fingerprint density at radius 2 is 2.13 bits per heavy atom. The van der Waals surface area contributed by atoms with Crippen molar-refractivity contribution in [3.05, 3.63) is 44.5 Å². The first-order valence-electron chi connectivity index (χ1n) is 9.49. The normalized spacial score (nSPS) is 12.6. The van der Waals surface area contributed by atoms with Gasteiger partial charge in [-0.25, -0.2) is 14.2 Å². The van der Waals surface area contributed by atoms with Crippen LogP contribution in [0.5, 0.6) is 0 Å². The van der Waals surface area contributed by atoms with Crippen LogP contribution in [0.15, 0.2) is 22.9 Å². The highest BCUT2D eigenvalue weighted by Gasteiger charge is 2.21. The summed E-state index contributed by atoms with van der Waals surface area (Å²) in [5, 5.41) is 6.05. The number of alkyl carbamates (subject to hydrolysis) is 1. The fourth-order valence-electron chi connectivity index (χ4n) is 2.78. The molecule has 3 aromatic heterocycles. The minimum Gasteiger partial charge on any atom is -0.444 e. The first kappa shape index (κ1) is 23.6. The lowest BCUT2D eigenvalue weighted by Crippen LogP contribution is -2.38. The van der Waals surface area contributed by atoms with Crippen LogP contribution in [-0.2, 0) is 17.7 Å². The molecule has 0 saturated carbocycles. The Morgan fingerprint density at radius 3 is 2.81 bits per heavy atom. The molecule has 0 aliphatic rings. The Labute approximate surface area is 196 Å². The summed E-state index contributed by atoms with van der Waals surface area (Å²) < 4.78 is 20.8. The molecule has 0 bridgehead atoms. The molecule has 0 aliphatic carbocycles. The minimum atomic E-state index is -0.566. The van der Waals surface area contributed by atoms with E-state index in [4.69, 9.17) is 16.3 Å². The highest BCUT2D eigenvalue weighted by atomic mass is 79.9. The van der Waals surface area contributed by atoms with Crippen molar-refractivity contribution in [2.45, 2.75) is 52.3 Å².